The average molecular weight is 321 g/mol. The number of aliphatic hydroxyl groups is 1. The van der Waals surface area contributed by atoms with Gasteiger partial charge in [0, 0.05) is 24.7 Å². The van der Waals surface area contributed by atoms with Crippen LogP contribution in [-0.4, -0.2) is 38.8 Å². The summed E-state index contributed by atoms with van der Waals surface area (Å²) in [5.41, 5.74) is 3.08. The topological polar surface area (TPSA) is 66.6 Å². The van der Waals surface area contributed by atoms with Crippen molar-refractivity contribution in [3.8, 4) is 0 Å². The predicted octanol–water partition coefficient (Wildman–Crippen LogP) is 2.15. The van der Waals surface area contributed by atoms with E-state index in [0.717, 1.165) is 17.8 Å². The van der Waals surface area contributed by atoms with Gasteiger partial charge in [0.1, 0.15) is 5.65 Å². The first-order chi connectivity index (χ1) is 10.6. The zero-order valence-electron chi connectivity index (χ0n) is 13.1. The number of nitrogens with zero attached hydrogens (tertiary/aromatic N) is 2. The molecule has 5 nitrogen and oxygen atoms in total. The summed E-state index contributed by atoms with van der Waals surface area (Å²) in [7, 11) is 0. The molecule has 0 aliphatic rings. The van der Waals surface area contributed by atoms with Gasteiger partial charge in [-0.15, -0.1) is 11.8 Å². The Hall–Kier alpha value is -1.53. The van der Waals surface area contributed by atoms with Gasteiger partial charge in [-0.25, -0.2) is 4.98 Å². The Kier molecular flexibility index (Phi) is 6.27. The average Bonchev–Trinajstić information content (AvgIpc) is 2.87. The maximum atomic E-state index is 11.7. The zero-order chi connectivity index (χ0) is 15.9. The molecule has 1 unspecified atom stereocenters. The molecule has 2 rings (SSSR count). The van der Waals surface area contributed by atoms with Crippen LogP contribution in [0.25, 0.3) is 5.65 Å². The van der Waals surface area contributed by atoms with Gasteiger partial charge in [-0.2, -0.15) is 0 Å². The molecule has 120 valence electrons. The van der Waals surface area contributed by atoms with Gasteiger partial charge >= 0.3 is 0 Å². The number of rotatable bonds is 8. The highest BCUT2D eigenvalue weighted by Crippen LogP contribution is 2.13. The van der Waals surface area contributed by atoms with Crippen LogP contribution in [0.4, 0.5) is 0 Å². The Labute approximate surface area is 135 Å². The van der Waals surface area contributed by atoms with E-state index < -0.39 is 6.10 Å². The van der Waals surface area contributed by atoms with Crippen molar-refractivity contribution in [3.63, 3.8) is 0 Å². The third kappa shape index (κ3) is 5.03. The van der Waals surface area contributed by atoms with E-state index in [9.17, 15) is 9.90 Å². The van der Waals surface area contributed by atoms with Gasteiger partial charge in [0.15, 0.2) is 0 Å². The third-order valence-corrected chi connectivity index (χ3v) is 4.25. The summed E-state index contributed by atoms with van der Waals surface area (Å²) in [5, 5.41) is 12.3. The van der Waals surface area contributed by atoms with E-state index in [-0.39, 0.29) is 5.91 Å². The molecule has 0 spiro atoms. The van der Waals surface area contributed by atoms with Crippen LogP contribution in [0.1, 0.15) is 31.0 Å². The van der Waals surface area contributed by atoms with Crippen molar-refractivity contribution in [1.82, 2.24) is 14.7 Å². The summed E-state index contributed by atoms with van der Waals surface area (Å²) in [5.74, 6) is 1.04. The minimum absolute atomic E-state index is 0.0419. The molecule has 0 fully saturated rings. The van der Waals surface area contributed by atoms with Crippen LogP contribution < -0.4 is 5.32 Å². The molecule has 1 atom stereocenters. The fraction of sp³-hybridized carbons (Fsp3) is 0.500. The number of hydrogen-bond donors (Lipinski definition) is 2. The van der Waals surface area contributed by atoms with Crippen LogP contribution in [0.2, 0.25) is 0 Å². The normalized spacial score (nSPS) is 12.5. The number of amides is 1. The lowest BCUT2D eigenvalue weighted by molar-refractivity contribution is -0.119. The number of carbonyl (C=O) groups is 1. The maximum absolute atomic E-state index is 11.7. The number of imidazole rings is 1. The lowest BCUT2D eigenvalue weighted by Gasteiger charge is -2.10. The largest absolute Gasteiger partial charge is 0.391 e. The Morgan fingerprint density at radius 1 is 1.45 bits per heavy atom. The molecule has 0 aliphatic carbocycles. The molecule has 22 heavy (non-hydrogen) atoms. The number of hydrogen-bond acceptors (Lipinski definition) is 4. The van der Waals surface area contributed by atoms with E-state index >= 15 is 0 Å². The fourth-order valence-corrected chi connectivity index (χ4v) is 2.93. The molecule has 0 radical (unpaired) electrons. The second-order valence-electron chi connectivity index (χ2n) is 5.44. The molecule has 6 heteroatoms. The maximum Gasteiger partial charge on any atom is 0.230 e. The number of aryl methyl sites for hydroxylation is 1. The summed E-state index contributed by atoms with van der Waals surface area (Å²) >= 11 is 1.53. The Morgan fingerprint density at radius 3 is 3.05 bits per heavy atom. The van der Waals surface area contributed by atoms with Crippen molar-refractivity contribution in [2.45, 2.75) is 38.5 Å². The first-order valence-electron chi connectivity index (χ1n) is 7.55. The number of nitrogens with one attached hydrogen (secondary N) is 1. The molecule has 0 saturated carbocycles. The molecule has 0 bridgehead atoms. The van der Waals surface area contributed by atoms with Crippen LogP contribution >= 0.6 is 11.8 Å². The van der Waals surface area contributed by atoms with Gasteiger partial charge in [0.2, 0.25) is 5.91 Å². The molecule has 2 heterocycles. The number of carbonyl (C=O) groups excluding carboxylic acids is 1. The molecule has 0 aromatic carbocycles. The molecule has 1 amide bonds. The van der Waals surface area contributed by atoms with Crippen molar-refractivity contribution in [2.24, 2.45) is 0 Å². The molecule has 0 saturated heterocycles. The molecule has 2 N–H and O–H groups in total. The monoisotopic (exact) mass is 321 g/mol. The van der Waals surface area contributed by atoms with E-state index in [4.69, 9.17) is 0 Å². The van der Waals surface area contributed by atoms with Crippen molar-refractivity contribution in [2.75, 3.05) is 12.3 Å². The SMILES string of the molecule is CCCC(O)CNC(=O)CSCc1cn2cc(C)ccc2n1. The Morgan fingerprint density at radius 2 is 2.27 bits per heavy atom. The van der Waals surface area contributed by atoms with E-state index in [2.05, 4.69) is 10.3 Å². The minimum atomic E-state index is -0.444. The summed E-state index contributed by atoms with van der Waals surface area (Å²) in [6, 6.07) is 4.03. The van der Waals surface area contributed by atoms with E-state index in [1.807, 2.05) is 42.8 Å². The van der Waals surface area contributed by atoms with Gasteiger partial charge in [0.25, 0.3) is 0 Å². The van der Waals surface area contributed by atoms with E-state index in [0.29, 0.717) is 24.5 Å². The van der Waals surface area contributed by atoms with E-state index in [1.54, 1.807) is 0 Å². The predicted molar refractivity (Wildman–Crippen MR) is 90.0 cm³/mol. The first-order valence-corrected chi connectivity index (χ1v) is 8.70. The second kappa shape index (κ2) is 8.19. The minimum Gasteiger partial charge on any atom is -0.391 e. The van der Waals surface area contributed by atoms with Gasteiger partial charge < -0.3 is 14.8 Å². The van der Waals surface area contributed by atoms with Crippen molar-refractivity contribution in [3.05, 3.63) is 35.8 Å². The first kappa shape index (κ1) is 16.8. The highest BCUT2D eigenvalue weighted by molar-refractivity contribution is 7.99. The molecule has 0 aliphatic heterocycles. The summed E-state index contributed by atoms with van der Waals surface area (Å²) in [6.07, 6.45) is 5.23. The van der Waals surface area contributed by atoms with Crippen molar-refractivity contribution >= 4 is 23.3 Å². The number of aliphatic hydroxyl groups excluding tert-OH is 1. The van der Waals surface area contributed by atoms with Gasteiger partial charge in [-0.1, -0.05) is 19.4 Å². The smallest absolute Gasteiger partial charge is 0.230 e. The number of pyridine rings is 1. The van der Waals surface area contributed by atoms with Crippen LogP contribution in [0.15, 0.2) is 24.5 Å². The standard InChI is InChI=1S/C16H23N3O2S/c1-3-4-14(20)7-17-16(21)11-22-10-13-9-19-8-12(2)5-6-15(19)18-13/h5-6,8-9,14,20H,3-4,7,10-11H2,1-2H3,(H,17,21). The van der Waals surface area contributed by atoms with Crippen molar-refractivity contribution in [1.29, 1.82) is 0 Å². The number of thioether (sulfide) groups is 1. The van der Waals surface area contributed by atoms with Gasteiger partial charge in [-0.3, -0.25) is 4.79 Å². The second-order valence-corrected chi connectivity index (χ2v) is 6.43. The summed E-state index contributed by atoms with van der Waals surface area (Å²) < 4.78 is 2.01. The lowest BCUT2D eigenvalue weighted by atomic mass is 10.2. The van der Waals surface area contributed by atoms with Crippen LogP contribution in [0.5, 0.6) is 0 Å². The lowest BCUT2D eigenvalue weighted by Crippen LogP contribution is -2.33. The van der Waals surface area contributed by atoms with Crippen LogP contribution in [-0.2, 0) is 10.5 Å². The fourth-order valence-electron chi connectivity index (χ4n) is 2.19. The molecular formula is C16H23N3O2S. The number of aromatic nitrogens is 2. The zero-order valence-corrected chi connectivity index (χ0v) is 13.9. The molecular weight excluding hydrogens is 298 g/mol. The number of fused-ring (bicyclic) bond motifs is 1. The quantitative estimate of drug-likeness (QED) is 0.782. The molecule has 2 aromatic heterocycles. The van der Waals surface area contributed by atoms with E-state index in [1.165, 1.54) is 17.3 Å². The van der Waals surface area contributed by atoms with Crippen LogP contribution in [0.3, 0.4) is 0 Å². The Balaban J connectivity index is 1.74. The third-order valence-electron chi connectivity index (χ3n) is 3.29. The van der Waals surface area contributed by atoms with Gasteiger partial charge in [0.05, 0.1) is 17.6 Å². The van der Waals surface area contributed by atoms with Crippen LogP contribution in [0, 0.1) is 6.92 Å². The highest BCUT2D eigenvalue weighted by Gasteiger charge is 2.07. The van der Waals surface area contributed by atoms with Crippen molar-refractivity contribution < 1.29 is 9.90 Å². The Bertz CT molecular complexity index is 627. The highest BCUT2D eigenvalue weighted by atomic mass is 32.2. The van der Waals surface area contributed by atoms with Gasteiger partial charge in [-0.05, 0) is 25.0 Å². The molecule has 2 aromatic rings. The summed E-state index contributed by atoms with van der Waals surface area (Å²) in [4.78, 5) is 16.2. The summed E-state index contributed by atoms with van der Waals surface area (Å²) in [6.45, 7) is 4.39.